The Kier molecular flexibility index (Phi) is 5.14. The quantitative estimate of drug-likeness (QED) is 0.741. The monoisotopic (exact) mass is 284 g/mol. The number of hydrogen-bond donors (Lipinski definition) is 2. The van der Waals surface area contributed by atoms with Crippen LogP contribution >= 0.6 is 0 Å². The van der Waals surface area contributed by atoms with Crippen LogP contribution in [0.25, 0.3) is 0 Å². The van der Waals surface area contributed by atoms with E-state index in [1.54, 1.807) is 20.8 Å². The van der Waals surface area contributed by atoms with Crippen LogP contribution in [0.15, 0.2) is 0 Å². The first-order valence-corrected chi connectivity index (χ1v) is 6.90. The van der Waals surface area contributed by atoms with E-state index in [2.05, 4.69) is 10.6 Å². The Bertz CT molecular complexity index is 398. The molecule has 114 valence electrons. The van der Waals surface area contributed by atoms with Gasteiger partial charge < -0.3 is 15.4 Å². The lowest BCUT2D eigenvalue weighted by Crippen LogP contribution is -2.49. The highest BCUT2D eigenvalue weighted by Crippen LogP contribution is 2.14. The van der Waals surface area contributed by atoms with Crippen molar-refractivity contribution in [2.24, 2.45) is 11.8 Å². The van der Waals surface area contributed by atoms with E-state index in [1.165, 1.54) is 0 Å². The van der Waals surface area contributed by atoms with Crippen molar-refractivity contribution in [1.82, 2.24) is 10.6 Å². The molecule has 6 heteroatoms. The molecule has 20 heavy (non-hydrogen) atoms. The van der Waals surface area contributed by atoms with Crippen molar-refractivity contribution in [1.29, 1.82) is 0 Å². The highest BCUT2D eigenvalue weighted by Gasteiger charge is 2.33. The van der Waals surface area contributed by atoms with Gasteiger partial charge in [-0.3, -0.25) is 9.59 Å². The number of nitrogens with one attached hydrogen (secondary N) is 2. The lowest BCUT2D eigenvalue weighted by Gasteiger charge is -2.27. The molecule has 2 atom stereocenters. The second kappa shape index (κ2) is 6.24. The van der Waals surface area contributed by atoms with Gasteiger partial charge >= 0.3 is 5.97 Å². The molecule has 1 aliphatic rings. The summed E-state index contributed by atoms with van der Waals surface area (Å²) in [6.45, 7) is 9.35. The SMILES string of the molecule is CC(C)[C@@H](NC(=O)C1CNC(=O)C1)C(=O)OC(C)(C)C. The predicted molar refractivity (Wildman–Crippen MR) is 73.7 cm³/mol. The Morgan fingerprint density at radius 2 is 1.95 bits per heavy atom. The summed E-state index contributed by atoms with van der Waals surface area (Å²) in [7, 11) is 0. The minimum Gasteiger partial charge on any atom is -0.458 e. The van der Waals surface area contributed by atoms with Crippen molar-refractivity contribution in [3.8, 4) is 0 Å². The van der Waals surface area contributed by atoms with E-state index in [0.717, 1.165) is 0 Å². The van der Waals surface area contributed by atoms with Crippen molar-refractivity contribution in [3.05, 3.63) is 0 Å². The van der Waals surface area contributed by atoms with Crippen molar-refractivity contribution >= 4 is 17.8 Å². The van der Waals surface area contributed by atoms with Gasteiger partial charge in [0.15, 0.2) is 0 Å². The number of esters is 1. The number of ether oxygens (including phenoxy) is 1. The van der Waals surface area contributed by atoms with Crippen LogP contribution in [-0.2, 0) is 19.1 Å². The maximum atomic E-state index is 12.1. The van der Waals surface area contributed by atoms with Gasteiger partial charge in [0.25, 0.3) is 0 Å². The van der Waals surface area contributed by atoms with Gasteiger partial charge in [0, 0.05) is 13.0 Å². The average molecular weight is 284 g/mol. The number of carbonyl (C=O) groups is 3. The van der Waals surface area contributed by atoms with Gasteiger partial charge in [0.2, 0.25) is 11.8 Å². The Balaban J connectivity index is 2.65. The molecule has 6 nitrogen and oxygen atoms in total. The highest BCUT2D eigenvalue weighted by atomic mass is 16.6. The summed E-state index contributed by atoms with van der Waals surface area (Å²) in [5.41, 5.74) is -0.597. The number of amides is 2. The first-order chi connectivity index (χ1) is 9.10. The molecule has 0 saturated carbocycles. The largest absolute Gasteiger partial charge is 0.458 e. The zero-order chi connectivity index (χ0) is 15.5. The first kappa shape index (κ1) is 16.5. The van der Waals surface area contributed by atoms with E-state index in [-0.39, 0.29) is 24.2 Å². The molecule has 1 aliphatic heterocycles. The summed E-state index contributed by atoms with van der Waals surface area (Å²) in [6.07, 6.45) is 0.172. The van der Waals surface area contributed by atoms with Crippen LogP contribution in [0.5, 0.6) is 0 Å². The van der Waals surface area contributed by atoms with Gasteiger partial charge in [0.1, 0.15) is 11.6 Å². The molecule has 0 spiro atoms. The molecule has 1 heterocycles. The fourth-order valence-electron chi connectivity index (χ4n) is 1.92. The first-order valence-electron chi connectivity index (χ1n) is 6.90. The normalized spacial score (nSPS) is 20.5. The fourth-order valence-corrected chi connectivity index (χ4v) is 1.92. The molecule has 0 aliphatic carbocycles. The molecule has 0 radical (unpaired) electrons. The van der Waals surface area contributed by atoms with E-state index >= 15 is 0 Å². The average Bonchev–Trinajstić information content (AvgIpc) is 2.69. The summed E-state index contributed by atoms with van der Waals surface area (Å²) >= 11 is 0. The van der Waals surface area contributed by atoms with E-state index in [9.17, 15) is 14.4 Å². The fraction of sp³-hybridized carbons (Fsp3) is 0.786. The molecule has 0 aromatic carbocycles. The predicted octanol–water partition coefficient (Wildman–Crippen LogP) is 0.605. The zero-order valence-corrected chi connectivity index (χ0v) is 12.8. The van der Waals surface area contributed by atoms with E-state index in [1.807, 2.05) is 13.8 Å². The molecule has 2 N–H and O–H groups in total. The minimum atomic E-state index is -0.697. The second-order valence-corrected chi connectivity index (χ2v) is 6.47. The second-order valence-electron chi connectivity index (χ2n) is 6.47. The number of carbonyl (C=O) groups excluding carboxylic acids is 3. The van der Waals surface area contributed by atoms with Crippen molar-refractivity contribution in [2.45, 2.75) is 52.7 Å². The third kappa shape index (κ3) is 4.83. The maximum absolute atomic E-state index is 12.1. The zero-order valence-electron chi connectivity index (χ0n) is 12.8. The summed E-state index contributed by atoms with van der Waals surface area (Å²) in [5.74, 6) is -1.36. The topological polar surface area (TPSA) is 84.5 Å². The van der Waals surface area contributed by atoms with Gasteiger partial charge in [-0.15, -0.1) is 0 Å². The Labute approximate surface area is 119 Å². The Morgan fingerprint density at radius 1 is 1.35 bits per heavy atom. The Morgan fingerprint density at radius 3 is 2.35 bits per heavy atom. The molecule has 1 unspecified atom stereocenters. The van der Waals surface area contributed by atoms with E-state index < -0.39 is 23.5 Å². The van der Waals surface area contributed by atoms with Gasteiger partial charge in [-0.2, -0.15) is 0 Å². The van der Waals surface area contributed by atoms with Crippen LogP contribution in [0.2, 0.25) is 0 Å². The Hall–Kier alpha value is -1.59. The lowest BCUT2D eigenvalue weighted by atomic mass is 10.0. The maximum Gasteiger partial charge on any atom is 0.329 e. The van der Waals surface area contributed by atoms with Crippen LogP contribution in [0, 0.1) is 11.8 Å². The highest BCUT2D eigenvalue weighted by molar-refractivity contribution is 5.91. The van der Waals surface area contributed by atoms with Gasteiger partial charge in [-0.25, -0.2) is 4.79 Å². The van der Waals surface area contributed by atoms with Crippen LogP contribution in [0.3, 0.4) is 0 Å². The standard InChI is InChI=1S/C14H24N2O4/c1-8(2)11(13(19)20-14(3,4)5)16-12(18)9-6-10(17)15-7-9/h8-9,11H,6-7H2,1-5H3,(H,15,17)(H,16,18)/t9?,11-/m1/s1. The summed E-state index contributed by atoms with van der Waals surface area (Å²) in [6, 6.07) is -0.697. The molecule has 0 aromatic heterocycles. The van der Waals surface area contributed by atoms with Crippen molar-refractivity contribution in [3.63, 3.8) is 0 Å². The summed E-state index contributed by atoms with van der Waals surface area (Å²) < 4.78 is 5.31. The van der Waals surface area contributed by atoms with Crippen molar-refractivity contribution < 1.29 is 19.1 Å². The third-order valence-corrected chi connectivity index (χ3v) is 2.97. The van der Waals surface area contributed by atoms with Crippen molar-refractivity contribution in [2.75, 3.05) is 6.54 Å². The van der Waals surface area contributed by atoms with Crippen LogP contribution in [-0.4, -0.2) is 36.0 Å². The molecular weight excluding hydrogens is 260 g/mol. The van der Waals surface area contributed by atoms with E-state index in [0.29, 0.717) is 6.54 Å². The van der Waals surface area contributed by atoms with Gasteiger partial charge in [0.05, 0.1) is 5.92 Å². The van der Waals surface area contributed by atoms with E-state index in [4.69, 9.17) is 4.74 Å². The third-order valence-electron chi connectivity index (χ3n) is 2.97. The van der Waals surface area contributed by atoms with Gasteiger partial charge in [-0.1, -0.05) is 13.8 Å². The van der Waals surface area contributed by atoms with Crippen LogP contribution in [0.4, 0.5) is 0 Å². The molecular formula is C14H24N2O4. The van der Waals surface area contributed by atoms with Crippen LogP contribution in [0.1, 0.15) is 41.0 Å². The number of hydrogen-bond acceptors (Lipinski definition) is 4. The number of rotatable bonds is 4. The summed E-state index contributed by atoms with van der Waals surface area (Å²) in [5, 5.41) is 5.30. The summed E-state index contributed by atoms with van der Waals surface area (Å²) in [4.78, 5) is 35.3. The lowest BCUT2D eigenvalue weighted by molar-refractivity contribution is -0.160. The molecule has 1 saturated heterocycles. The smallest absolute Gasteiger partial charge is 0.329 e. The van der Waals surface area contributed by atoms with Gasteiger partial charge in [-0.05, 0) is 26.7 Å². The molecule has 1 fully saturated rings. The molecule has 0 bridgehead atoms. The minimum absolute atomic E-state index is 0.0844. The molecule has 1 rings (SSSR count). The molecule has 0 aromatic rings. The van der Waals surface area contributed by atoms with Crippen LogP contribution < -0.4 is 10.6 Å². The molecule has 2 amide bonds.